The maximum Gasteiger partial charge on any atom is 0.417 e. The Morgan fingerprint density at radius 3 is 2.53 bits per heavy atom. The summed E-state index contributed by atoms with van der Waals surface area (Å²) >= 11 is 0. The maximum atomic E-state index is 13.3. The Balaban J connectivity index is 1.42. The third-order valence-corrected chi connectivity index (χ3v) is 8.28. The van der Waals surface area contributed by atoms with Gasteiger partial charge in [-0.2, -0.15) is 22.6 Å². The second-order valence-corrected chi connectivity index (χ2v) is 10.2. The molecular weight excluding hydrogens is 445 g/mol. The zero-order chi connectivity index (χ0) is 23.1. The summed E-state index contributed by atoms with van der Waals surface area (Å²) in [5.74, 6) is -0.541. The molecule has 0 spiro atoms. The molecule has 32 heavy (non-hydrogen) atoms. The lowest BCUT2D eigenvalue weighted by atomic mass is 9.91. The van der Waals surface area contributed by atoms with E-state index in [4.69, 9.17) is 0 Å². The highest BCUT2D eigenvalue weighted by Crippen LogP contribution is 2.36. The van der Waals surface area contributed by atoms with Crippen LogP contribution in [0.3, 0.4) is 0 Å². The van der Waals surface area contributed by atoms with Crippen molar-refractivity contribution in [3.63, 3.8) is 0 Å². The maximum absolute atomic E-state index is 13.3. The highest BCUT2D eigenvalue weighted by Gasteiger charge is 2.40. The molecule has 1 saturated heterocycles. The molecule has 1 N–H and O–H groups in total. The molecule has 1 fully saturated rings. The molecule has 1 amide bonds. The van der Waals surface area contributed by atoms with Crippen LogP contribution < -0.4 is 5.32 Å². The molecule has 1 atom stereocenters. The van der Waals surface area contributed by atoms with E-state index in [2.05, 4.69) is 10.4 Å². The van der Waals surface area contributed by atoms with Gasteiger partial charge < -0.3 is 5.32 Å². The van der Waals surface area contributed by atoms with Crippen LogP contribution in [0, 0.1) is 5.92 Å². The van der Waals surface area contributed by atoms with Crippen LogP contribution in [0.1, 0.15) is 48.5 Å². The second-order valence-electron chi connectivity index (χ2n) is 8.30. The summed E-state index contributed by atoms with van der Waals surface area (Å²) in [4.78, 5) is 12.1. The first-order valence-corrected chi connectivity index (χ1v) is 12.0. The predicted octanol–water partition coefficient (Wildman–Crippen LogP) is 3.03. The van der Waals surface area contributed by atoms with Gasteiger partial charge in [-0.15, -0.1) is 0 Å². The van der Waals surface area contributed by atoms with Crippen molar-refractivity contribution in [2.45, 2.75) is 49.2 Å². The number of fused-ring (bicyclic) bond motifs is 1. The van der Waals surface area contributed by atoms with Crippen LogP contribution in [-0.4, -0.2) is 41.5 Å². The van der Waals surface area contributed by atoms with E-state index in [9.17, 15) is 26.4 Å². The SMILES string of the molecule is Cn1ncc2c1CCC[C@@H]2NC(=O)C1CCN(S(=O)(=O)c2ccccc2C(F)(F)F)CC1. The highest BCUT2D eigenvalue weighted by molar-refractivity contribution is 7.89. The summed E-state index contributed by atoms with van der Waals surface area (Å²) in [6.07, 6.45) is 0.171. The average Bonchev–Trinajstić information content (AvgIpc) is 3.15. The Bertz CT molecular complexity index is 1110. The minimum Gasteiger partial charge on any atom is -0.349 e. The van der Waals surface area contributed by atoms with E-state index in [1.165, 1.54) is 6.07 Å². The van der Waals surface area contributed by atoms with E-state index in [0.29, 0.717) is 0 Å². The topological polar surface area (TPSA) is 84.3 Å². The number of benzene rings is 1. The molecule has 0 bridgehead atoms. The number of nitrogens with zero attached hydrogens (tertiary/aromatic N) is 3. The van der Waals surface area contributed by atoms with Gasteiger partial charge in [0.2, 0.25) is 15.9 Å². The number of rotatable bonds is 4. The summed E-state index contributed by atoms with van der Waals surface area (Å²) in [5.41, 5.74) is 0.936. The van der Waals surface area contributed by atoms with Crippen LogP contribution in [0.2, 0.25) is 0 Å². The number of halogens is 3. The normalized spacial score (nSPS) is 20.7. The summed E-state index contributed by atoms with van der Waals surface area (Å²) in [5, 5.41) is 7.33. The number of piperidine rings is 1. The summed E-state index contributed by atoms with van der Waals surface area (Å²) < 4.78 is 68.6. The van der Waals surface area contributed by atoms with Gasteiger partial charge in [-0.25, -0.2) is 8.42 Å². The number of carbonyl (C=O) groups is 1. The molecule has 1 aliphatic carbocycles. The Labute approximate surface area is 184 Å². The van der Waals surface area contributed by atoms with Crippen molar-refractivity contribution < 1.29 is 26.4 Å². The fraction of sp³-hybridized carbons (Fsp3) is 0.524. The number of carbonyl (C=O) groups excluding carboxylic acids is 1. The van der Waals surface area contributed by atoms with E-state index in [1.54, 1.807) is 6.20 Å². The minimum absolute atomic E-state index is 0.00454. The smallest absolute Gasteiger partial charge is 0.349 e. The molecule has 11 heteroatoms. The van der Waals surface area contributed by atoms with Crippen LogP contribution in [0.5, 0.6) is 0 Å². The molecule has 0 radical (unpaired) electrons. The zero-order valence-electron chi connectivity index (χ0n) is 17.6. The molecule has 1 aromatic carbocycles. The fourth-order valence-electron chi connectivity index (χ4n) is 4.57. The second kappa shape index (κ2) is 8.51. The van der Waals surface area contributed by atoms with Crippen molar-refractivity contribution in [3.05, 3.63) is 47.3 Å². The number of nitrogens with one attached hydrogen (secondary N) is 1. The van der Waals surface area contributed by atoms with Gasteiger partial charge in [0.25, 0.3) is 0 Å². The van der Waals surface area contributed by atoms with Crippen molar-refractivity contribution in [3.8, 4) is 0 Å². The van der Waals surface area contributed by atoms with Crippen molar-refractivity contribution in [1.82, 2.24) is 19.4 Å². The van der Waals surface area contributed by atoms with Crippen molar-refractivity contribution in [2.24, 2.45) is 13.0 Å². The van der Waals surface area contributed by atoms with E-state index in [1.807, 2.05) is 11.7 Å². The molecule has 0 unspecified atom stereocenters. The number of hydrogen-bond acceptors (Lipinski definition) is 4. The lowest BCUT2D eigenvalue weighted by molar-refractivity contribution is -0.139. The first-order valence-electron chi connectivity index (χ1n) is 10.6. The molecule has 4 rings (SSSR count). The number of aromatic nitrogens is 2. The molecule has 174 valence electrons. The quantitative estimate of drug-likeness (QED) is 0.745. The van der Waals surface area contributed by atoms with Gasteiger partial charge in [0, 0.05) is 37.3 Å². The summed E-state index contributed by atoms with van der Waals surface area (Å²) in [6, 6.07) is 4.06. The van der Waals surface area contributed by atoms with Crippen LogP contribution in [0.25, 0.3) is 0 Å². The van der Waals surface area contributed by atoms with Crippen molar-refractivity contribution in [2.75, 3.05) is 13.1 Å². The van der Waals surface area contributed by atoms with E-state index in [-0.39, 0.29) is 43.8 Å². The largest absolute Gasteiger partial charge is 0.417 e. The molecule has 0 saturated carbocycles. The molecular formula is C21H25F3N4O3S. The Morgan fingerprint density at radius 1 is 1.16 bits per heavy atom. The third-order valence-electron chi connectivity index (χ3n) is 6.33. The van der Waals surface area contributed by atoms with Crippen LogP contribution >= 0.6 is 0 Å². The first-order chi connectivity index (χ1) is 15.1. The van der Waals surface area contributed by atoms with Gasteiger partial charge in [0.15, 0.2) is 0 Å². The zero-order valence-corrected chi connectivity index (χ0v) is 18.4. The molecule has 7 nitrogen and oxygen atoms in total. The highest BCUT2D eigenvalue weighted by atomic mass is 32.2. The standard InChI is InChI=1S/C21H25F3N4O3S/c1-27-18-7-4-6-17(15(18)13-25-27)26-20(29)14-9-11-28(12-10-14)32(30,31)19-8-3-2-5-16(19)21(22,23)24/h2-3,5,8,13-14,17H,4,6-7,9-12H2,1H3,(H,26,29)/t17-/m0/s1. The van der Waals surface area contributed by atoms with Crippen molar-refractivity contribution >= 4 is 15.9 Å². The number of amides is 1. The molecule has 1 aromatic heterocycles. The third kappa shape index (κ3) is 4.27. The molecule has 2 aromatic rings. The minimum atomic E-state index is -4.77. The number of aryl methyl sites for hydroxylation is 1. The number of hydrogen-bond donors (Lipinski definition) is 1. The summed E-state index contributed by atoms with van der Waals surface area (Å²) in [6.45, 7) is -0.00909. The Morgan fingerprint density at radius 2 is 1.84 bits per heavy atom. The molecule has 2 heterocycles. The van der Waals surface area contributed by atoms with Crippen LogP contribution in [0.4, 0.5) is 13.2 Å². The van der Waals surface area contributed by atoms with E-state index >= 15 is 0 Å². The fourth-order valence-corrected chi connectivity index (χ4v) is 6.25. The van der Waals surface area contributed by atoms with Crippen LogP contribution in [0.15, 0.2) is 35.4 Å². The van der Waals surface area contributed by atoms with Crippen molar-refractivity contribution in [1.29, 1.82) is 0 Å². The Hall–Kier alpha value is -2.40. The lowest BCUT2D eigenvalue weighted by Crippen LogP contribution is -2.44. The van der Waals surface area contributed by atoms with E-state index in [0.717, 1.165) is 53.0 Å². The van der Waals surface area contributed by atoms with Gasteiger partial charge in [-0.1, -0.05) is 12.1 Å². The van der Waals surface area contributed by atoms with E-state index < -0.39 is 26.7 Å². The molecule has 2 aliphatic rings. The van der Waals surface area contributed by atoms with Gasteiger partial charge >= 0.3 is 6.18 Å². The van der Waals surface area contributed by atoms with Gasteiger partial charge in [-0.3, -0.25) is 9.48 Å². The van der Waals surface area contributed by atoms with Gasteiger partial charge in [-0.05, 0) is 44.2 Å². The Kier molecular flexibility index (Phi) is 6.06. The van der Waals surface area contributed by atoms with Gasteiger partial charge in [0.1, 0.15) is 0 Å². The lowest BCUT2D eigenvalue weighted by Gasteiger charge is -2.32. The monoisotopic (exact) mass is 470 g/mol. The van der Waals surface area contributed by atoms with Gasteiger partial charge in [0.05, 0.1) is 22.7 Å². The average molecular weight is 471 g/mol. The molecule has 1 aliphatic heterocycles. The summed E-state index contributed by atoms with van der Waals surface area (Å²) in [7, 11) is -2.45. The predicted molar refractivity (Wildman–Crippen MR) is 110 cm³/mol. The number of alkyl halides is 3. The number of sulfonamides is 1. The van der Waals surface area contributed by atoms with Crippen LogP contribution in [-0.2, 0) is 34.5 Å². The first kappa shape index (κ1) is 22.8.